The molecule has 1 N–H and O–H groups in total. The Bertz CT molecular complexity index is 399. The highest BCUT2D eigenvalue weighted by Crippen LogP contribution is 2.27. The molecule has 19 heavy (non-hydrogen) atoms. The molecule has 1 aliphatic carbocycles. The van der Waals surface area contributed by atoms with Crippen molar-refractivity contribution in [2.24, 2.45) is 5.92 Å². The topological polar surface area (TPSA) is 38.3 Å². The van der Waals surface area contributed by atoms with E-state index in [-0.39, 0.29) is 5.91 Å². The number of carbonyl (C=O) groups excluding carboxylic acids is 1. The van der Waals surface area contributed by atoms with E-state index in [1.165, 1.54) is 25.7 Å². The van der Waals surface area contributed by atoms with Gasteiger partial charge >= 0.3 is 0 Å². The third kappa shape index (κ3) is 5.11. The number of halogens is 1. The van der Waals surface area contributed by atoms with Gasteiger partial charge in [0, 0.05) is 11.4 Å². The van der Waals surface area contributed by atoms with Gasteiger partial charge in [-0.1, -0.05) is 24.4 Å². The quantitative estimate of drug-likeness (QED) is 0.812. The standard InChI is InChI=1S/C15H20ClNO2/c16-13-5-7-14(8-6-13)19-10-9-17-15(18)11-12-3-1-2-4-12/h5-8,12H,1-4,9-11H2,(H,17,18). The molecular formula is C15H20ClNO2. The van der Waals surface area contributed by atoms with E-state index < -0.39 is 0 Å². The van der Waals surface area contributed by atoms with E-state index in [1.54, 1.807) is 12.1 Å². The molecule has 2 rings (SSSR count). The van der Waals surface area contributed by atoms with Crippen LogP contribution in [0.3, 0.4) is 0 Å². The van der Waals surface area contributed by atoms with Crippen LogP contribution in [0, 0.1) is 5.92 Å². The molecule has 3 nitrogen and oxygen atoms in total. The molecule has 0 saturated heterocycles. The Morgan fingerprint density at radius 1 is 1.26 bits per heavy atom. The van der Waals surface area contributed by atoms with Gasteiger partial charge < -0.3 is 10.1 Å². The van der Waals surface area contributed by atoms with Crippen molar-refractivity contribution < 1.29 is 9.53 Å². The minimum Gasteiger partial charge on any atom is -0.492 e. The van der Waals surface area contributed by atoms with Gasteiger partial charge in [0.2, 0.25) is 5.91 Å². The van der Waals surface area contributed by atoms with Crippen molar-refractivity contribution in [2.75, 3.05) is 13.2 Å². The normalized spacial score (nSPS) is 15.4. The molecule has 0 unspecified atom stereocenters. The smallest absolute Gasteiger partial charge is 0.220 e. The third-order valence-corrected chi connectivity index (χ3v) is 3.71. The molecular weight excluding hydrogens is 262 g/mol. The van der Waals surface area contributed by atoms with Crippen LogP contribution >= 0.6 is 11.6 Å². The van der Waals surface area contributed by atoms with Crippen molar-refractivity contribution in [3.05, 3.63) is 29.3 Å². The van der Waals surface area contributed by atoms with Gasteiger partial charge in [-0.25, -0.2) is 0 Å². The largest absolute Gasteiger partial charge is 0.492 e. The van der Waals surface area contributed by atoms with Crippen LogP contribution in [-0.4, -0.2) is 19.1 Å². The summed E-state index contributed by atoms with van der Waals surface area (Å²) in [5, 5.41) is 3.59. The van der Waals surface area contributed by atoms with Gasteiger partial charge in [-0.3, -0.25) is 4.79 Å². The molecule has 4 heteroatoms. The number of amides is 1. The van der Waals surface area contributed by atoms with E-state index >= 15 is 0 Å². The van der Waals surface area contributed by atoms with Gasteiger partial charge in [0.15, 0.2) is 0 Å². The first-order chi connectivity index (χ1) is 9.24. The van der Waals surface area contributed by atoms with Crippen molar-refractivity contribution in [2.45, 2.75) is 32.1 Å². The number of carbonyl (C=O) groups is 1. The first-order valence-electron chi connectivity index (χ1n) is 6.89. The molecule has 104 valence electrons. The van der Waals surface area contributed by atoms with E-state index in [4.69, 9.17) is 16.3 Å². The van der Waals surface area contributed by atoms with Crippen LogP contribution in [0.25, 0.3) is 0 Å². The minimum atomic E-state index is 0.145. The Kier molecular flexibility index (Phi) is 5.52. The molecule has 0 spiro atoms. The molecule has 0 bridgehead atoms. The Labute approximate surface area is 119 Å². The number of benzene rings is 1. The summed E-state index contributed by atoms with van der Waals surface area (Å²) in [6, 6.07) is 7.22. The van der Waals surface area contributed by atoms with Gasteiger partial charge in [0.25, 0.3) is 0 Å². The molecule has 1 aromatic carbocycles. The summed E-state index contributed by atoms with van der Waals surface area (Å²) in [6.45, 7) is 1.03. The number of hydrogen-bond donors (Lipinski definition) is 1. The Morgan fingerprint density at radius 3 is 2.63 bits per heavy atom. The summed E-state index contributed by atoms with van der Waals surface area (Å²) in [5.41, 5.74) is 0. The van der Waals surface area contributed by atoms with Crippen LogP contribution in [0.4, 0.5) is 0 Å². The monoisotopic (exact) mass is 281 g/mol. The highest BCUT2D eigenvalue weighted by atomic mass is 35.5. The second-order valence-corrected chi connectivity index (χ2v) is 5.44. The van der Waals surface area contributed by atoms with Crippen molar-refractivity contribution in [1.82, 2.24) is 5.32 Å². The highest BCUT2D eigenvalue weighted by molar-refractivity contribution is 6.30. The maximum atomic E-state index is 11.7. The maximum Gasteiger partial charge on any atom is 0.220 e. The predicted octanol–water partition coefficient (Wildman–Crippen LogP) is 3.42. The minimum absolute atomic E-state index is 0.145. The second kappa shape index (κ2) is 7.39. The predicted molar refractivity (Wildman–Crippen MR) is 76.5 cm³/mol. The van der Waals surface area contributed by atoms with Crippen molar-refractivity contribution in [1.29, 1.82) is 0 Å². The zero-order valence-electron chi connectivity index (χ0n) is 11.0. The van der Waals surface area contributed by atoms with Gasteiger partial charge in [0.05, 0.1) is 6.54 Å². The molecule has 0 atom stereocenters. The first kappa shape index (κ1) is 14.2. The Morgan fingerprint density at radius 2 is 1.95 bits per heavy atom. The summed E-state index contributed by atoms with van der Waals surface area (Å²) in [5.74, 6) is 1.51. The first-order valence-corrected chi connectivity index (χ1v) is 7.27. The maximum absolute atomic E-state index is 11.7. The average molecular weight is 282 g/mol. The SMILES string of the molecule is O=C(CC1CCCC1)NCCOc1ccc(Cl)cc1. The molecule has 0 aromatic heterocycles. The summed E-state index contributed by atoms with van der Waals surface area (Å²) >= 11 is 5.78. The lowest BCUT2D eigenvalue weighted by Gasteiger charge is -2.10. The van der Waals surface area contributed by atoms with Gasteiger partial charge in [-0.2, -0.15) is 0 Å². The lowest BCUT2D eigenvalue weighted by Crippen LogP contribution is -2.29. The molecule has 0 heterocycles. The fourth-order valence-corrected chi connectivity index (χ4v) is 2.56. The van der Waals surface area contributed by atoms with E-state index in [1.807, 2.05) is 12.1 Å². The fraction of sp³-hybridized carbons (Fsp3) is 0.533. The van der Waals surface area contributed by atoms with E-state index in [0.29, 0.717) is 30.5 Å². The summed E-state index contributed by atoms with van der Waals surface area (Å²) < 4.78 is 5.51. The summed E-state index contributed by atoms with van der Waals surface area (Å²) in [7, 11) is 0. The van der Waals surface area contributed by atoms with Crippen LogP contribution in [0.5, 0.6) is 5.75 Å². The zero-order valence-corrected chi connectivity index (χ0v) is 11.8. The van der Waals surface area contributed by atoms with Crippen molar-refractivity contribution >= 4 is 17.5 Å². The van der Waals surface area contributed by atoms with Crippen LogP contribution in [-0.2, 0) is 4.79 Å². The molecule has 0 radical (unpaired) electrons. The number of hydrogen-bond acceptors (Lipinski definition) is 2. The highest BCUT2D eigenvalue weighted by Gasteiger charge is 2.17. The van der Waals surface area contributed by atoms with E-state index in [0.717, 1.165) is 5.75 Å². The fourth-order valence-electron chi connectivity index (χ4n) is 2.44. The number of nitrogens with one attached hydrogen (secondary N) is 1. The van der Waals surface area contributed by atoms with E-state index in [2.05, 4.69) is 5.32 Å². The van der Waals surface area contributed by atoms with Crippen LogP contribution in [0.15, 0.2) is 24.3 Å². The van der Waals surface area contributed by atoms with Gasteiger partial charge in [-0.15, -0.1) is 0 Å². The lowest BCUT2D eigenvalue weighted by atomic mass is 10.0. The Hall–Kier alpha value is -1.22. The lowest BCUT2D eigenvalue weighted by molar-refractivity contribution is -0.122. The molecule has 1 aliphatic rings. The molecule has 1 aromatic rings. The summed E-state index contributed by atoms with van der Waals surface area (Å²) in [4.78, 5) is 11.7. The van der Waals surface area contributed by atoms with Crippen molar-refractivity contribution in [3.63, 3.8) is 0 Å². The number of ether oxygens (including phenoxy) is 1. The zero-order chi connectivity index (χ0) is 13.5. The van der Waals surface area contributed by atoms with Crippen LogP contribution in [0.1, 0.15) is 32.1 Å². The van der Waals surface area contributed by atoms with Crippen LogP contribution in [0.2, 0.25) is 5.02 Å². The van der Waals surface area contributed by atoms with Crippen LogP contribution < -0.4 is 10.1 Å². The second-order valence-electron chi connectivity index (χ2n) is 5.01. The van der Waals surface area contributed by atoms with E-state index in [9.17, 15) is 4.79 Å². The molecule has 1 amide bonds. The Balaban J connectivity index is 1.58. The molecule has 1 fully saturated rings. The molecule has 0 aliphatic heterocycles. The average Bonchev–Trinajstić information content (AvgIpc) is 2.89. The number of rotatable bonds is 6. The van der Waals surface area contributed by atoms with Gasteiger partial charge in [0.1, 0.15) is 12.4 Å². The molecule has 1 saturated carbocycles. The summed E-state index contributed by atoms with van der Waals surface area (Å²) in [6.07, 6.45) is 5.62. The van der Waals surface area contributed by atoms with Crippen molar-refractivity contribution in [3.8, 4) is 5.75 Å². The van der Waals surface area contributed by atoms with Gasteiger partial charge in [-0.05, 0) is 43.0 Å². The third-order valence-electron chi connectivity index (χ3n) is 3.46.